The first-order chi connectivity index (χ1) is 8.74. The molecule has 0 amide bonds. The van der Waals surface area contributed by atoms with Crippen LogP contribution >= 0.6 is 0 Å². The third-order valence-electron chi connectivity index (χ3n) is 3.54. The van der Waals surface area contributed by atoms with Gasteiger partial charge in [0.1, 0.15) is 0 Å². The summed E-state index contributed by atoms with van der Waals surface area (Å²) in [5.41, 5.74) is 12.4. The molecule has 2 N–H and O–H groups in total. The first-order valence-corrected chi connectivity index (χ1v) is 6.25. The van der Waals surface area contributed by atoms with Crippen molar-refractivity contribution in [3.8, 4) is 0 Å². The van der Waals surface area contributed by atoms with Gasteiger partial charge in [0.2, 0.25) is 0 Å². The third-order valence-corrected chi connectivity index (χ3v) is 3.54. The molecular weight excluding hydrogens is 222 g/mol. The molecule has 0 spiro atoms. The van der Waals surface area contributed by atoms with Crippen LogP contribution in [0.3, 0.4) is 0 Å². The standard InChI is InChI=1S/C16H17NO/c1-11-2-4-12(5-3-11)16(17)13-6-7-14-9-18-10-15(14)8-13/h2-8,16H,9-10,17H2,1H3. The molecule has 3 rings (SSSR count). The fourth-order valence-corrected chi connectivity index (χ4v) is 2.35. The second kappa shape index (κ2) is 4.56. The highest BCUT2D eigenvalue weighted by Gasteiger charge is 2.15. The van der Waals surface area contributed by atoms with Gasteiger partial charge in [0.25, 0.3) is 0 Å². The average Bonchev–Trinajstić information content (AvgIpc) is 2.86. The van der Waals surface area contributed by atoms with Gasteiger partial charge in [0.15, 0.2) is 0 Å². The lowest BCUT2D eigenvalue weighted by Gasteiger charge is -2.14. The van der Waals surface area contributed by atoms with Gasteiger partial charge in [-0.05, 0) is 29.2 Å². The van der Waals surface area contributed by atoms with Crippen molar-refractivity contribution >= 4 is 0 Å². The summed E-state index contributed by atoms with van der Waals surface area (Å²) in [6.45, 7) is 3.53. The van der Waals surface area contributed by atoms with Gasteiger partial charge in [0.05, 0.1) is 19.3 Å². The molecule has 0 saturated heterocycles. The molecule has 0 saturated carbocycles. The first kappa shape index (κ1) is 11.5. The molecule has 1 atom stereocenters. The fourth-order valence-electron chi connectivity index (χ4n) is 2.35. The summed E-state index contributed by atoms with van der Waals surface area (Å²) in [7, 11) is 0. The lowest BCUT2D eigenvalue weighted by atomic mass is 9.96. The highest BCUT2D eigenvalue weighted by atomic mass is 16.5. The van der Waals surface area contributed by atoms with Crippen molar-refractivity contribution in [1.29, 1.82) is 0 Å². The van der Waals surface area contributed by atoms with E-state index < -0.39 is 0 Å². The summed E-state index contributed by atoms with van der Waals surface area (Å²) < 4.78 is 5.43. The maximum Gasteiger partial charge on any atom is 0.0725 e. The lowest BCUT2D eigenvalue weighted by Crippen LogP contribution is -2.12. The molecule has 0 bridgehead atoms. The molecule has 1 unspecified atom stereocenters. The Balaban J connectivity index is 1.92. The Morgan fingerprint density at radius 3 is 2.39 bits per heavy atom. The normalized spacial score (nSPS) is 15.4. The summed E-state index contributed by atoms with van der Waals surface area (Å²) in [5, 5.41) is 0. The minimum absolute atomic E-state index is 0.0588. The number of ether oxygens (including phenoxy) is 1. The molecule has 2 nitrogen and oxygen atoms in total. The topological polar surface area (TPSA) is 35.2 Å². The van der Waals surface area contributed by atoms with Gasteiger partial charge in [-0.3, -0.25) is 0 Å². The summed E-state index contributed by atoms with van der Waals surface area (Å²) in [4.78, 5) is 0. The van der Waals surface area contributed by atoms with Gasteiger partial charge in [-0.15, -0.1) is 0 Å². The van der Waals surface area contributed by atoms with E-state index >= 15 is 0 Å². The maximum absolute atomic E-state index is 6.32. The summed E-state index contributed by atoms with van der Waals surface area (Å²) >= 11 is 0. The van der Waals surface area contributed by atoms with E-state index in [2.05, 4.69) is 49.4 Å². The number of fused-ring (bicyclic) bond motifs is 1. The van der Waals surface area contributed by atoms with Crippen LogP contribution in [0.1, 0.15) is 33.9 Å². The number of benzene rings is 2. The van der Waals surface area contributed by atoms with Crippen LogP contribution in [0.2, 0.25) is 0 Å². The molecule has 1 heterocycles. The average molecular weight is 239 g/mol. The second-order valence-electron chi connectivity index (χ2n) is 4.91. The zero-order chi connectivity index (χ0) is 12.5. The van der Waals surface area contributed by atoms with Crippen molar-refractivity contribution in [1.82, 2.24) is 0 Å². The van der Waals surface area contributed by atoms with Crippen LogP contribution in [-0.4, -0.2) is 0 Å². The highest BCUT2D eigenvalue weighted by Crippen LogP contribution is 2.26. The summed E-state index contributed by atoms with van der Waals surface area (Å²) in [5.74, 6) is 0. The van der Waals surface area contributed by atoms with Crippen LogP contribution in [-0.2, 0) is 18.0 Å². The van der Waals surface area contributed by atoms with E-state index in [1.807, 2.05) is 0 Å². The Morgan fingerprint density at radius 1 is 0.944 bits per heavy atom. The number of aryl methyl sites for hydroxylation is 1. The summed E-state index contributed by atoms with van der Waals surface area (Å²) in [6, 6.07) is 14.8. The van der Waals surface area contributed by atoms with Crippen LogP contribution in [0, 0.1) is 6.92 Å². The molecule has 0 fully saturated rings. The number of nitrogens with two attached hydrogens (primary N) is 1. The van der Waals surface area contributed by atoms with Crippen molar-refractivity contribution in [2.45, 2.75) is 26.2 Å². The maximum atomic E-state index is 6.32. The largest absolute Gasteiger partial charge is 0.372 e. The Morgan fingerprint density at radius 2 is 1.61 bits per heavy atom. The second-order valence-corrected chi connectivity index (χ2v) is 4.91. The Kier molecular flexibility index (Phi) is 2.90. The van der Waals surface area contributed by atoms with Crippen LogP contribution in [0.4, 0.5) is 0 Å². The van der Waals surface area contributed by atoms with E-state index in [0.717, 1.165) is 17.7 Å². The molecule has 0 aromatic heterocycles. The highest BCUT2D eigenvalue weighted by molar-refractivity contribution is 5.39. The van der Waals surface area contributed by atoms with Gasteiger partial charge in [0, 0.05) is 0 Å². The molecular formula is C16H17NO. The van der Waals surface area contributed by atoms with E-state index in [1.165, 1.54) is 16.7 Å². The van der Waals surface area contributed by atoms with Crippen LogP contribution in [0.5, 0.6) is 0 Å². The molecule has 2 aromatic rings. The zero-order valence-corrected chi connectivity index (χ0v) is 10.5. The number of hydrogen-bond acceptors (Lipinski definition) is 2. The van der Waals surface area contributed by atoms with E-state index in [1.54, 1.807) is 0 Å². The molecule has 0 radical (unpaired) electrons. The molecule has 1 aliphatic rings. The molecule has 2 aromatic carbocycles. The fraction of sp³-hybridized carbons (Fsp3) is 0.250. The minimum Gasteiger partial charge on any atom is -0.372 e. The summed E-state index contributed by atoms with van der Waals surface area (Å²) in [6.07, 6.45) is 0. The smallest absolute Gasteiger partial charge is 0.0725 e. The monoisotopic (exact) mass is 239 g/mol. The van der Waals surface area contributed by atoms with Crippen LogP contribution in [0.25, 0.3) is 0 Å². The predicted molar refractivity (Wildman–Crippen MR) is 72.1 cm³/mol. The molecule has 18 heavy (non-hydrogen) atoms. The molecule has 92 valence electrons. The molecule has 1 aliphatic heterocycles. The van der Waals surface area contributed by atoms with Crippen molar-refractivity contribution in [3.63, 3.8) is 0 Å². The quantitative estimate of drug-likeness (QED) is 0.874. The van der Waals surface area contributed by atoms with Crippen molar-refractivity contribution in [2.24, 2.45) is 5.73 Å². The molecule has 0 aliphatic carbocycles. The Labute approximate surface area is 107 Å². The van der Waals surface area contributed by atoms with Gasteiger partial charge in [-0.25, -0.2) is 0 Å². The van der Waals surface area contributed by atoms with E-state index in [-0.39, 0.29) is 6.04 Å². The van der Waals surface area contributed by atoms with Crippen LogP contribution in [0.15, 0.2) is 42.5 Å². The first-order valence-electron chi connectivity index (χ1n) is 6.25. The van der Waals surface area contributed by atoms with Gasteiger partial charge < -0.3 is 10.5 Å². The van der Waals surface area contributed by atoms with Crippen molar-refractivity contribution in [3.05, 3.63) is 70.3 Å². The van der Waals surface area contributed by atoms with Crippen LogP contribution < -0.4 is 5.73 Å². The van der Waals surface area contributed by atoms with E-state index in [9.17, 15) is 0 Å². The predicted octanol–water partition coefficient (Wildman–Crippen LogP) is 3.07. The van der Waals surface area contributed by atoms with E-state index in [4.69, 9.17) is 10.5 Å². The SMILES string of the molecule is Cc1ccc(C(N)c2ccc3c(c2)COC3)cc1. The minimum atomic E-state index is -0.0588. The Hall–Kier alpha value is -1.64. The third kappa shape index (κ3) is 2.05. The number of rotatable bonds is 2. The molecule has 2 heteroatoms. The number of hydrogen-bond donors (Lipinski definition) is 1. The van der Waals surface area contributed by atoms with Gasteiger partial charge >= 0.3 is 0 Å². The van der Waals surface area contributed by atoms with Gasteiger partial charge in [-0.2, -0.15) is 0 Å². The Bertz CT molecular complexity index is 560. The van der Waals surface area contributed by atoms with Crippen molar-refractivity contribution in [2.75, 3.05) is 0 Å². The van der Waals surface area contributed by atoms with Crippen molar-refractivity contribution < 1.29 is 4.74 Å². The van der Waals surface area contributed by atoms with E-state index in [0.29, 0.717) is 6.61 Å². The lowest BCUT2D eigenvalue weighted by molar-refractivity contribution is 0.134. The van der Waals surface area contributed by atoms with Gasteiger partial charge in [-0.1, -0.05) is 48.0 Å². The zero-order valence-electron chi connectivity index (χ0n) is 10.5.